The first-order valence-electron chi connectivity index (χ1n) is 12.6. The van der Waals surface area contributed by atoms with Gasteiger partial charge < -0.3 is 18.8 Å². The van der Waals surface area contributed by atoms with Gasteiger partial charge in [-0.3, -0.25) is 0 Å². The molecule has 0 unspecified atom stereocenters. The minimum Gasteiger partial charge on any atom is -0.497 e. The summed E-state index contributed by atoms with van der Waals surface area (Å²) in [5, 5.41) is 0. The maximum Gasteiger partial charge on any atom is 0.341 e. The van der Waals surface area contributed by atoms with Crippen molar-refractivity contribution in [2.24, 2.45) is 7.05 Å². The molecule has 3 aromatic carbocycles. The zero-order valence-corrected chi connectivity index (χ0v) is 25.5. The smallest absolute Gasteiger partial charge is 0.341 e. The first kappa shape index (κ1) is 30.6. The van der Waals surface area contributed by atoms with Crippen molar-refractivity contribution < 1.29 is 35.8 Å². The van der Waals surface area contributed by atoms with Crippen LogP contribution in [0.1, 0.15) is 27.3 Å². The summed E-state index contributed by atoms with van der Waals surface area (Å²) >= 11 is 0. The van der Waals surface area contributed by atoms with Crippen molar-refractivity contribution in [2.75, 3.05) is 18.6 Å². The number of aromatic nitrogens is 1. The average molecular weight is 614 g/mol. The lowest BCUT2D eigenvalue weighted by atomic mass is 10.2. The van der Waals surface area contributed by atoms with E-state index in [1.807, 2.05) is 0 Å². The van der Waals surface area contributed by atoms with Gasteiger partial charge in [-0.15, -0.1) is 4.83 Å². The molecule has 0 spiro atoms. The van der Waals surface area contributed by atoms with Crippen LogP contribution >= 0.6 is 0 Å². The van der Waals surface area contributed by atoms with Crippen LogP contribution in [-0.2, 0) is 31.8 Å². The average Bonchev–Trinajstić information content (AvgIpc) is 3.21. The lowest BCUT2D eigenvalue weighted by Crippen LogP contribution is -2.46. The fourth-order valence-corrected chi connectivity index (χ4v) is 7.41. The molecular formula is C29H31N3O8S2. The Kier molecular flexibility index (Phi) is 8.66. The summed E-state index contributed by atoms with van der Waals surface area (Å²) in [6, 6.07) is 18.5. The second kappa shape index (κ2) is 11.9. The van der Waals surface area contributed by atoms with Crippen LogP contribution in [0.15, 0.2) is 82.6 Å². The molecule has 1 heterocycles. The minimum absolute atomic E-state index is 0.0514. The molecule has 13 heteroatoms. The molecule has 0 saturated carbocycles. The van der Waals surface area contributed by atoms with Crippen LogP contribution in [0.2, 0.25) is 0 Å². The van der Waals surface area contributed by atoms with Gasteiger partial charge in [0.05, 0.1) is 24.8 Å². The Morgan fingerprint density at radius 1 is 0.762 bits per heavy atom. The van der Waals surface area contributed by atoms with Crippen molar-refractivity contribution in [1.82, 2.24) is 9.40 Å². The van der Waals surface area contributed by atoms with Crippen LogP contribution in [0.4, 0.5) is 5.69 Å². The zero-order chi connectivity index (χ0) is 30.8. The molecule has 0 fully saturated rings. The lowest BCUT2D eigenvalue weighted by molar-refractivity contribution is 0.0595. The first-order chi connectivity index (χ1) is 19.8. The summed E-state index contributed by atoms with van der Waals surface area (Å²) in [4.78, 5) is 14.4. The SMILES string of the molecule is COC(=O)c1c(S(=O)(=O)N(NS(=O)(=O)c2ccc(C)cc2)c2ccc(Oc3ccc(OC)cc3)cc2)c(C)n(C)c1C. The number of anilines is 1. The van der Waals surface area contributed by atoms with Gasteiger partial charge in [-0.25, -0.2) is 13.2 Å². The van der Waals surface area contributed by atoms with Crippen molar-refractivity contribution in [1.29, 1.82) is 0 Å². The molecule has 1 N–H and O–H groups in total. The predicted octanol–water partition coefficient (Wildman–Crippen LogP) is 4.63. The van der Waals surface area contributed by atoms with Crippen molar-refractivity contribution >= 4 is 31.7 Å². The van der Waals surface area contributed by atoms with E-state index in [9.17, 15) is 21.6 Å². The van der Waals surface area contributed by atoms with Crippen LogP contribution < -0.4 is 18.7 Å². The Bertz CT molecular complexity index is 1810. The van der Waals surface area contributed by atoms with Gasteiger partial charge in [0.1, 0.15) is 27.7 Å². The van der Waals surface area contributed by atoms with E-state index in [4.69, 9.17) is 14.2 Å². The van der Waals surface area contributed by atoms with E-state index in [1.54, 1.807) is 64.4 Å². The van der Waals surface area contributed by atoms with Gasteiger partial charge in [0, 0.05) is 18.4 Å². The molecule has 1 aromatic heterocycles. The number of benzene rings is 3. The molecule has 0 aliphatic carbocycles. The Labute approximate surface area is 245 Å². The molecule has 42 heavy (non-hydrogen) atoms. The number of methoxy groups -OCH3 is 2. The molecule has 0 bridgehead atoms. The number of sulfonamides is 2. The Morgan fingerprint density at radius 3 is 1.81 bits per heavy atom. The highest BCUT2D eigenvalue weighted by Gasteiger charge is 2.38. The molecule has 4 rings (SSSR count). The second-order valence-corrected chi connectivity index (χ2v) is 12.8. The highest BCUT2D eigenvalue weighted by Crippen LogP contribution is 2.33. The molecule has 0 aliphatic rings. The van der Waals surface area contributed by atoms with E-state index in [2.05, 4.69) is 4.83 Å². The van der Waals surface area contributed by atoms with Crippen LogP contribution in [-0.4, -0.2) is 41.6 Å². The van der Waals surface area contributed by atoms with Gasteiger partial charge in [-0.2, -0.15) is 12.8 Å². The number of ether oxygens (including phenoxy) is 3. The summed E-state index contributed by atoms with van der Waals surface area (Å²) in [6.45, 7) is 4.89. The summed E-state index contributed by atoms with van der Waals surface area (Å²) in [5.74, 6) is 0.646. The topological polar surface area (TPSA) is 133 Å². The molecule has 0 radical (unpaired) electrons. The first-order valence-corrected chi connectivity index (χ1v) is 15.5. The fraction of sp³-hybridized carbons (Fsp3) is 0.207. The number of nitrogens with zero attached hydrogens (tertiary/aromatic N) is 2. The number of rotatable bonds is 10. The number of aryl methyl sites for hydroxylation is 1. The zero-order valence-electron chi connectivity index (χ0n) is 23.9. The number of hydrogen-bond donors (Lipinski definition) is 1. The normalized spacial score (nSPS) is 11.7. The largest absolute Gasteiger partial charge is 0.497 e. The fourth-order valence-electron chi connectivity index (χ4n) is 4.22. The van der Waals surface area contributed by atoms with Gasteiger partial charge in [0.2, 0.25) is 0 Å². The number of hydrazine groups is 1. The van der Waals surface area contributed by atoms with Crippen LogP contribution in [0.3, 0.4) is 0 Å². The van der Waals surface area contributed by atoms with E-state index in [0.717, 1.165) is 12.7 Å². The van der Waals surface area contributed by atoms with E-state index in [-0.39, 0.29) is 26.7 Å². The molecule has 222 valence electrons. The highest BCUT2D eigenvalue weighted by molar-refractivity contribution is 7.95. The molecule has 4 aromatic rings. The van der Waals surface area contributed by atoms with Gasteiger partial charge in [0.25, 0.3) is 20.0 Å². The molecule has 0 saturated heterocycles. The Hall–Kier alpha value is -4.33. The van der Waals surface area contributed by atoms with E-state index >= 15 is 0 Å². The predicted molar refractivity (Wildman–Crippen MR) is 157 cm³/mol. The second-order valence-electron chi connectivity index (χ2n) is 9.37. The minimum atomic E-state index is -4.73. The van der Waals surface area contributed by atoms with Crippen LogP contribution in [0.25, 0.3) is 0 Å². The van der Waals surface area contributed by atoms with Crippen molar-refractivity contribution in [2.45, 2.75) is 30.6 Å². The van der Waals surface area contributed by atoms with Gasteiger partial charge in [0.15, 0.2) is 0 Å². The summed E-state index contributed by atoms with van der Waals surface area (Å²) in [5.41, 5.74) is 1.12. The molecule has 0 atom stereocenters. The van der Waals surface area contributed by atoms with Crippen molar-refractivity contribution in [3.05, 3.63) is 95.3 Å². The van der Waals surface area contributed by atoms with E-state index < -0.39 is 26.0 Å². The standard InChI is InChI=1S/C29H31N3O8S2/c1-19-7-17-26(18-8-19)41(34,35)30-32(42(36,37)28-21(3)31(4)20(2)27(28)29(33)39-6)22-9-11-24(12-10-22)40-25-15-13-23(38-5)14-16-25/h7-18,30H,1-6H3. The molecular weight excluding hydrogens is 582 g/mol. The number of esters is 1. The van der Waals surface area contributed by atoms with Crippen molar-refractivity contribution in [3.63, 3.8) is 0 Å². The van der Waals surface area contributed by atoms with Crippen LogP contribution in [0, 0.1) is 20.8 Å². The van der Waals surface area contributed by atoms with E-state index in [1.165, 1.54) is 47.9 Å². The number of hydrogen-bond acceptors (Lipinski definition) is 8. The third kappa shape index (κ3) is 5.98. The molecule has 0 aliphatic heterocycles. The maximum absolute atomic E-state index is 14.3. The quantitative estimate of drug-likeness (QED) is 0.202. The number of nitrogens with one attached hydrogen (secondary N) is 1. The summed E-state index contributed by atoms with van der Waals surface area (Å²) in [6.07, 6.45) is 0. The molecule has 0 amide bonds. The number of carbonyl (C=O) groups excluding carboxylic acids is 1. The van der Waals surface area contributed by atoms with Crippen LogP contribution in [0.5, 0.6) is 17.2 Å². The van der Waals surface area contributed by atoms with E-state index in [0.29, 0.717) is 27.4 Å². The highest BCUT2D eigenvalue weighted by atomic mass is 32.2. The van der Waals surface area contributed by atoms with Crippen molar-refractivity contribution in [3.8, 4) is 17.2 Å². The Morgan fingerprint density at radius 2 is 1.29 bits per heavy atom. The summed E-state index contributed by atoms with van der Waals surface area (Å²) < 4.78 is 73.4. The van der Waals surface area contributed by atoms with Gasteiger partial charge in [-0.1, -0.05) is 17.7 Å². The molecule has 11 nitrogen and oxygen atoms in total. The summed E-state index contributed by atoms with van der Waals surface area (Å²) in [7, 11) is -4.85. The number of carbonyl (C=O) groups is 1. The third-order valence-electron chi connectivity index (χ3n) is 6.71. The van der Waals surface area contributed by atoms with Gasteiger partial charge in [-0.05, 0) is 81.4 Å². The third-order valence-corrected chi connectivity index (χ3v) is 9.94. The maximum atomic E-state index is 14.3. The monoisotopic (exact) mass is 613 g/mol. The Balaban J connectivity index is 1.82. The lowest BCUT2D eigenvalue weighted by Gasteiger charge is -2.25. The van der Waals surface area contributed by atoms with Gasteiger partial charge >= 0.3 is 5.97 Å².